The predicted octanol–water partition coefficient (Wildman–Crippen LogP) is 4.73. The van der Waals surface area contributed by atoms with E-state index in [1.54, 1.807) is 0 Å². The minimum Gasteiger partial charge on any atom is -0.381 e. The van der Waals surface area contributed by atoms with E-state index in [0.717, 1.165) is 6.54 Å². The van der Waals surface area contributed by atoms with Crippen molar-refractivity contribution in [2.75, 3.05) is 5.32 Å². The molecule has 0 heterocycles. The summed E-state index contributed by atoms with van der Waals surface area (Å²) in [7, 11) is 0. The molecule has 2 aromatic carbocycles. The smallest absolute Gasteiger partial charge is 0.0400 e. The maximum atomic E-state index is 3.48. The summed E-state index contributed by atoms with van der Waals surface area (Å²) in [5.41, 5.74) is 5.21. The van der Waals surface area contributed by atoms with E-state index >= 15 is 0 Å². The molecule has 1 nitrogen and oxygen atoms in total. The van der Waals surface area contributed by atoms with Gasteiger partial charge in [0.05, 0.1) is 0 Å². The first-order valence-corrected chi connectivity index (χ1v) is 6.54. The van der Waals surface area contributed by atoms with Gasteiger partial charge in [0.15, 0.2) is 0 Å². The second-order valence-electron chi connectivity index (χ2n) is 5.12. The molecule has 2 aromatic rings. The molecule has 2 rings (SSSR count). The highest BCUT2D eigenvalue weighted by Crippen LogP contribution is 2.19. The van der Waals surface area contributed by atoms with E-state index in [2.05, 4.69) is 74.6 Å². The number of hydrogen-bond acceptors (Lipinski definition) is 1. The third-order valence-electron chi connectivity index (χ3n) is 3.13. The van der Waals surface area contributed by atoms with Gasteiger partial charge in [0.2, 0.25) is 0 Å². The van der Waals surface area contributed by atoms with Crippen LogP contribution >= 0.6 is 0 Å². The summed E-state index contributed by atoms with van der Waals surface area (Å²) >= 11 is 0. The average molecular weight is 239 g/mol. The first-order valence-electron chi connectivity index (χ1n) is 6.54. The highest BCUT2D eigenvalue weighted by molar-refractivity contribution is 5.47. The van der Waals surface area contributed by atoms with Crippen molar-refractivity contribution in [3.05, 3.63) is 65.2 Å². The maximum absolute atomic E-state index is 3.48. The van der Waals surface area contributed by atoms with Crippen molar-refractivity contribution in [3.63, 3.8) is 0 Å². The van der Waals surface area contributed by atoms with Gasteiger partial charge in [-0.1, -0.05) is 55.8 Å². The number of aryl methyl sites for hydroxylation is 1. The van der Waals surface area contributed by atoms with Gasteiger partial charge in [-0.2, -0.15) is 0 Å². The molecule has 0 spiro atoms. The maximum Gasteiger partial charge on any atom is 0.0400 e. The Bertz CT molecular complexity index is 515. The molecule has 0 aliphatic heterocycles. The van der Waals surface area contributed by atoms with Crippen LogP contribution in [-0.4, -0.2) is 0 Å². The lowest BCUT2D eigenvalue weighted by atomic mass is 10.0. The van der Waals surface area contributed by atoms with E-state index in [-0.39, 0.29) is 0 Å². The molecule has 94 valence electrons. The zero-order valence-corrected chi connectivity index (χ0v) is 11.4. The molecule has 0 atom stereocenters. The number of nitrogens with one attached hydrogen (secondary N) is 1. The van der Waals surface area contributed by atoms with E-state index in [1.165, 1.54) is 22.4 Å². The summed E-state index contributed by atoms with van der Waals surface area (Å²) in [6, 6.07) is 17.3. The van der Waals surface area contributed by atoms with E-state index < -0.39 is 0 Å². The van der Waals surface area contributed by atoms with Crippen LogP contribution in [0.4, 0.5) is 5.69 Å². The van der Waals surface area contributed by atoms with Crippen LogP contribution in [0.1, 0.15) is 36.5 Å². The van der Waals surface area contributed by atoms with Crippen molar-refractivity contribution in [3.8, 4) is 0 Å². The van der Waals surface area contributed by atoms with Crippen molar-refractivity contribution in [2.45, 2.75) is 33.2 Å². The van der Waals surface area contributed by atoms with Crippen LogP contribution in [0.5, 0.6) is 0 Å². The van der Waals surface area contributed by atoms with Gasteiger partial charge in [0.25, 0.3) is 0 Å². The standard InChI is InChI=1S/C17H21N/c1-13(2)16-8-5-9-17(11-16)18-12-15-7-4-6-14(3)10-15/h4-11,13,18H,12H2,1-3H3. The number of hydrogen-bond donors (Lipinski definition) is 1. The Morgan fingerprint density at radius 2 is 1.78 bits per heavy atom. The van der Waals surface area contributed by atoms with Crippen LogP contribution < -0.4 is 5.32 Å². The van der Waals surface area contributed by atoms with Crippen LogP contribution in [0.15, 0.2) is 48.5 Å². The average Bonchev–Trinajstić information content (AvgIpc) is 2.37. The van der Waals surface area contributed by atoms with Crippen molar-refractivity contribution in [1.29, 1.82) is 0 Å². The largest absolute Gasteiger partial charge is 0.381 e. The summed E-state index contributed by atoms with van der Waals surface area (Å²) in [6.07, 6.45) is 0. The monoisotopic (exact) mass is 239 g/mol. The molecule has 0 radical (unpaired) electrons. The first kappa shape index (κ1) is 12.7. The van der Waals surface area contributed by atoms with Gasteiger partial charge in [-0.25, -0.2) is 0 Å². The Morgan fingerprint density at radius 1 is 1.00 bits per heavy atom. The highest BCUT2D eigenvalue weighted by Gasteiger charge is 2.00. The van der Waals surface area contributed by atoms with Gasteiger partial charge in [-0.15, -0.1) is 0 Å². The fourth-order valence-electron chi connectivity index (χ4n) is 2.03. The topological polar surface area (TPSA) is 12.0 Å². The van der Waals surface area contributed by atoms with Gasteiger partial charge >= 0.3 is 0 Å². The van der Waals surface area contributed by atoms with Gasteiger partial charge in [-0.05, 0) is 36.1 Å². The summed E-state index contributed by atoms with van der Waals surface area (Å²) < 4.78 is 0. The van der Waals surface area contributed by atoms with Crippen molar-refractivity contribution >= 4 is 5.69 Å². The van der Waals surface area contributed by atoms with Crippen LogP contribution in [0.25, 0.3) is 0 Å². The molecule has 18 heavy (non-hydrogen) atoms. The van der Waals surface area contributed by atoms with E-state index in [4.69, 9.17) is 0 Å². The minimum atomic E-state index is 0.575. The Morgan fingerprint density at radius 3 is 2.50 bits per heavy atom. The van der Waals surface area contributed by atoms with Gasteiger partial charge in [-0.3, -0.25) is 0 Å². The Labute approximate surface area is 110 Å². The number of rotatable bonds is 4. The van der Waals surface area contributed by atoms with Gasteiger partial charge in [0, 0.05) is 12.2 Å². The molecule has 0 aliphatic carbocycles. The molecule has 1 heteroatoms. The summed E-state index contributed by atoms with van der Waals surface area (Å²) in [5.74, 6) is 0.575. The predicted molar refractivity (Wildman–Crippen MR) is 79.0 cm³/mol. The molecule has 0 amide bonds. The van der Waals surface area contributed by atoms with Crippen molar-refractivity contribution in [1.82, 2.24) is 0 Å². The second-order valence-corrected chi connectivity index (χ2v) is 5.12. The Balaban J connectivity index is 2.04. The Hall–Kier alpha value is -1.76. The van der Waals surface area contributed by atoms with Crippen LogP contribution in [0.3, 0.4) is 0 Å². The fourth-order valence-corrected chi connectivity index (χ4v) is 2.03. The number of benzene rings is 2. The SMILES string of the molecule is Cc1cccc(CNc2cccc(C(C)C)c2)c1. The molecular formula is C17H21N. The third kappa shape index (κ3) is 3.36. The quantitative estimate of drug-likeness (QED) is 0.813. The van der Waals surface area contributed by atoms with Gasteiger partial charge < -0.3 is 5.32 Å². The zero-order valence-electron chi connectivity index (χ0n) is 11.4. The molecule has 0 saturated heterocycles. The highest BCUT2D eigenvalue weighted by atomic mass is 14.9. The van der Waals surface area contributed by atoms with E-state index in [0.29, 0.717) is 5.92 Å². The minimum absolute atomic E-state index is 0.575. The van der Waals surface area contributed by atoms with Crippen LogP contribution in [-0.2, 0) is 6.54 Å². The molecule has 0 unspecified atom stereocenters. The second kappa shape index (κ2) is 5.72. The molecule has 0 aliphatic rings. The van der Waals surface area contributed by atoms with Crippen LogP contribution in [0, 0.1) is 6.92 Å². The number of anilines is 1. The Kier molecular flexibility index (Phi) is 4.03. The molecule has 0 aromatic heterocycles. The lowest BCUT2D eigenvalue weighted by molar-refractivity contribution is 0.866. The molecule has 0 fully saturated rings. The third-order valence-corrected chi connectivity index (χ3v) is 3.13. The van der Waals surface area contributed by atoms with Crippen LogP contribution in [0.2, 0.25) is 0 Å². The van der Waals surface area contributed by atoms with E-state index in [1.807, 2.05) is 0 Å². The van der Waals surface area contributed by atoms with Gasteiger partial charge in [0.1, 0.15) is 0 Å². The molecule has 0 saturated carbocycles. The summed E-state index contributed by atoms with van der Waals surface area (Å²) in [5, 5.41) is 3.48. The molecule has 0 bridgehead atoms. The first-order chi connectivity index (χ1) is 8.65. The fraction of sp³-hybridized carbons (Fsp3) is 0.294. The normalized spacial score (nSPS) is 10.7. The molecular weight excluding hydrogens is 218 g/mol. The zero-order chi connectivity index (χ0) is 13.0. The lowest BCUT2D eigenvalue weighted by Crippen LogP contribution is -2.00. The summed E-state index contributed by atoms with van der Waals surface area (Å²) in [6.45, 7) is 7.45. The van der Waals surface area contributed by atoms with Crippen molar-refractivity contribution < 1.29 is 0 Å². The lowest BCUT2D eigenvalue weighted by Gasteiger charge is -2.10. The van der Waals surface area contributed by atoms with E-state index in [9.17, 15) is 0 Å². The molecule has 1 N–H and O–H groups in total. The summed E-state index contributed by atoms with van der Waals surface area (Å²) in [4.78, 5) is 0. The van der Waals surface area contributed by atoms with Crippen molar-refractivity contribution in [2.24, 2.45) is 0 Å².